The van der Waals surface area contributed by atoms with Gasteiger partial charge in [-0.2, -0.15) is 0 Å². The minimum atomic E-state index is -3.90. The van der Waals surface area contributed by atoms with E-state index in [1.165, 1.54) is 31.3 Å². The van der Waals surface area contributed by atoms with Crippen LogP contribution in [0.15, 0.2) is 53.7 Å². The van der Waals surface area contributed by atoms with Crippen molar-refractivity contribution < 1.29 is 13.2 Å². The second-order valence-electron chi connectivity index (χ2n) is 7.29. The first kappa shape index (κ1) is 20.3. The molecule has 6 nitrogen and oxygen atoms in total. The van der Waals surface area contributed by atoms with Crippen LogP contribution < -0.4 is 9.62 Å². The third-order valence-electron chi connectivity index (χ3n) is 5.05. The average molecular weight is 402 g/mol. The van der Waals surface area contributed by atoms with Crippen molar-refractivity contribution in [2.24, 2.45) is 0 Å². The van der Waals surface area contributed by atoms with E-state index < -0.39 is 10.0 Å². The Morgan fingerprint density at radius 3 is 2.39 bits per heavy atom. The molecule has 150 valence electrons. The maximum atomic E-state index is 13.2. The molecule has 28 heavy (non-hydrogen) atoms. The van der Waals surface area contributed by atoms with Crippen LogP contribution in [0.4, 0.5) is 5.69 Å². The van der Waals surface area contributed by atoms with Crippen LogP contribution in [0.3, 0.4) is 0 Å². The summed E-state index contributed by atoms with van der Waals surface area (Å²) in [6.07, 6.45) is 9.31. The van der Waals surface area contributed by atoms with Gasteiger partial charge < -0.3 is 5.32 Å². The van der Waals surface area contributed by atoms with Crippen molar-refractivity contribution in [3.8, 4) is 0 Å². The lowest BCUT2D eigenvalue weighted by molar-refractivity contribution is -0.120. The largest absolute Gasteiger partial charge is 0.352 e. The fourth-order valence-electron chi connectivity index (χ4n) is 3.48. The van der Waals surface area contributed by atoms with Crippen LogP contribution in [0.1, 0.15) is 44.1 Å². The Labute approximate surface area is 167 Å². The Balaban J connectivity index is 1.84. The molecule has 1 heterocycles. The van der Waals surface area contributed by atoms with Gasteiger partial charge in [0.1, 0.15) is 11.4 Å². The van der Waals surface area contributed by atoms with Crippen LogP contribution in [-0.2, 0) is 14.8 Å². The van der Waals surface area contributed by atoms with E-state index >= 15 is 0 Å². The predicted molar refractivity (Wildman–Crippen MR) is 110 cm³/mol. The minimum Gasteiger partial charge on any atom is -0.352 e. The molecule has 1 aromatic carbocycles. The van der Waals surface area contributed by atoms with E-state index in [4.69, 9.17) is 0 Å². The van der Waals surface area contributed by atoms with Crippen molar-refractivity contribution in [1.82, 2.24) is 10.3 Å². The molecule has 1 aliphatic rings. The van der Waals surface area contributed by atoms with E-state index in [0.29, 0.717) is 5.69 Å². The van der Waals surface area contributed by atoms with Crippen LogP contribution in [0.25, 0.3) is 0 Å². The summed E-state index contributed by atoms with van der Waals surface area (Å²) in [5.74, 6) is -0.278. The number of nitrogens with zero attached hydrogens (tertiary/aromatic N) is 2. The van der Waals surface area contributed by atoms with Crippen molar-refractivity contribution in [2.75, 3.05) is 10.8 Å². The number of rotatable bonds is 6. The van der Waals surface area contributed by atoms with E-state index in [1.807, 2.05) is 19.1 Å². The molecule has 0 radical (unpaired) electrons. The second kappa shape index (κ2) is 9.19. The Morgan fingerprint density at radius 2 is 1.79 bits per heavy atom. The van der Waals surface area contributed by atoms with Crippen molar-refractivity contribution in [3.63, 3.8) is 0 Å². The van der Waals surface area contributed by atoms with Gasteiger partial charge in [0.2, 0.25) is 5.91 Å². The monoisotopic (exact) mass is 401 g/mol. The maximum absolute atomic E-state index is 13.2. The van der Waals surface area contributed by atoms with Crippen molar-refractivity contribution in [3.05, 3.63) is 54.4 Å². The molecular weight excluding hydrogens is 374 g/mol. The zero-order valence-electron chi connectivity index (χ0n) is 16.2. The van der Waals surface area contributed by atoms with Gasteiger partial charge in [-0.1, -0.05) is 43.4 Å². The van der Waals surface area contributed by atoms with Gasteiger partial charge in [0.05, 0.1) is 5.69 Å². The zero-order valence-corrected chi connectivity index (χ0v) is 17.0. The number of aromatic nitrogens is 1. The van der Waals surface area contributed by atoms with E-state index in [1.54, 1.807) is 18.2 Å². The highest BCUT2D eigenvalue weighted by atomic mass is 32.2. The highest BCUT2D eigenvalue weighted by Gasteiger charge is 2.28. The summed E-state index contributed by atoms with van der Waals surface area (Å²) in [6, 6.07) is 10.3. The zero-order chi connectivity index (χ0) is 20.0. The molecule has 1 N–H and O–H groups in total. The first-order valence-electron chi connectivity index (χ1n) is 9.75. The molecule has 0 unspecified atom stereocenters. The van der Waals surface area contributed by atoms with Gasteiger partial charge in [0, 0.05) is 18.4 Å². The Kier molecular flexibility index (Phi) is 6.67. The van der Waals surface area contributed by atoms with E-state index in [2.05, 4.69) is 10.3 Å². The summed E-state index contributed by atoms with van der Waals surface area (Å²) in [6.45, 7) is 1.68. The Hall–Kier alpha value is -2.41. The minimum absolute atomic E-state index is 0.0674. The summed E-state index contributed by atoms with van der Waals surface area (Å²) >= 11 is 0. The molecular formula is C21H27N3O3S. The summed E-state index contributed by atoms with van der Waals surface area (Å²) in [4.78, 5) is 16.7. The van der Waals surface area contributed by atoms with Crippen molar-refractivity contribution >= 4 is 21.6 Å². The molecule has 3 rings (SSSR count). The third-order valence-corrected chi connectivity index (χ3v) is 6.81. The topological polar surface area (TPSA) is 79.4 Å². The number of carbonyl (C=O) groups excluding carboxylic acids is 1. The van der Waals surface area contributed by atoms with Gasteiger partial charge in [0.15, 0.2) is 0 Å². The van der Waals surface area contributed by atoms with Gasteiger partial charge in [-0.15, -0.1) is 0 Å². The molecule has 1 aliphatic carbocycles. The molecule has 1 saturated carbocycles. The van der Waals surface area contributed by atoms with Crippen LogP contribution >= 0.6 is 0 Å². The molecule has 0 spiro atoms. The molecule has 0 atom stereocenters. The van der Waals surface area contributed by atoms with E-state index in [-0.39, 0.29) is 23.4 Å². The fraction of sp³-hybridized carbons (Fsp3) is 0.429. The lowest BCUT2D eigenvalue weighted by atomic mass is 10.1. The number of benzene rings is 1. The first-order chi connectivity index (χ1) is 13.5. The number of anilines is 1. The second-order valence-corrected chi connectivity index (χ2v) is 9.15. The maximum Gasteiger partial charge on any atom is 0.266 e. The fourth-order valence-corrected chi connectivity index (χ4v) is 4.87. The molecule has 1 aromatic heterocycles. The van der Waals surface area contributed by atoms with Crippen LogP contribution in [0, 0.1) is 6.92 Å². The van der Waals surface area contributed by atoms with Gasteiger partial charge in [-0.3, -0.25) is 14.1 Å². The highest BCUT2D eigenvalue weighted by Crippen LogP contribution is 2.24. The summed E-state index contributed by atoms with van der Waals surface area (Å²) in [7, 11) is -3.90. The standard InChI is InChI=1S/C21H27N3O3S/c1-17-10-12-19(13-11-17)24(28(26,27)20-9-6-14-22-15-20)16-21(25)23-18-7-4-2-3-5-8-18/h6,9-15,18H,2-5,7-8,16H2,1H3,(H,23,25). The van der Waals surface area contributed by atoms with Crippen LogP contribution in [0.2, 0.25) is 0 Å². The molecule has 1 amide bonds. The normalized spacial score (nSPS) is 15.6. The number of sulfonamides is 1. The van der Waals surface area contributed by atoms with Gasteiger partial charge >= 0.3 is 0 Å². The smallest absolute Gasteiger partial charge is 0.266 e. The number of hydrogen-bond donors (Lipinski definition) is 1. The lowest BCUT2D eigenvalue weighted by Gasteiger charge is -2.25. The lowest BCUT2D eigenvalue weighted by Crippen LogP contribution is -2.44. The molecule has 0 saturated heterocycles. The van der Waals surface area contributed by atoms with Gasteiger partial charge in [0.25, 0.3) is 10.0 Å². The molecule has 0 bridgehead atoms. The predicted octanol–water partition coefficient (Wildman–Crippen LogP) is 3.42. The third kappa shape index (κ3) is 5.10. The van der Waals surface area contributed by atoms with Gasteiger partial charge in [-0.25, -0.2) is 8.42 Å². The van der Waals surface area contributed by atoms with Crippen molar-refractivity contribution in [2.45, 2.75) is 56.4 Å². The molecule has 7 heteroatoms. The Morgan fingerprint density at radius 1 is 1.11 bits per heavy atom. The number of carbonyl (C=O) groups is 1. The van der Waals surface area contributed by atoms with Gasteiger partial charge in [-0.05, 0) is 44.0 Å². The van der Waals surface area contributed by atoms with Crippen LogP contribution in [-0.4, -0.2) is 31.9 Å². The summed E-state index contributed by atoms with van der Waals surface area (Å²) < 4.78 is 27.6. The first-order valence-corrected chi connectivity index (χ1v) is 11.2. The Bertz CT molecular complexity index is 875. The van der Waals surface area contributed by atoms with Crippen molar-refractivity contribution in [1.29, 1.82) is 0 Å². The summed E-state index contributed by atoms with van der Waals surface area (Å²) in [5.41, 5.74) is 1.48. The average Bonchev–Trinajstić information content (AvgIpc) is 2.96. The summed E-state index contributed by atoms with van der Waals surface area (Å²) in [5, 5.41) is 3.03. The number of nitrogens with one attached hydrogen (secondary N) is 1. The number of aryl methyl sites for hydroxylation is 1. The number of pyridine rings is 1. The molecule has 0 aliphatic heterocycles. The van der Waals surface area contributed by atoms with Crippen LogP contribution in [0.5, 0.6) is 0 Å². The SMILES string of the molecule is Cc1ccc(N(CC(=O)NC2CCCCCC2)S(=O)(=O)c2cccnc2)cc1. The quantitative estimate of drug-likeness (QED) is 0.752. The number of amides is 1. The highest BCUT2D eigenvalue weighted by molar-refractivity contribution is 7.92. The molecule has 2 aromatic rings. The number of hydrogen-bond acceptors (Lipinski definition) is 4. The van der Waals surface area contributed by atoms with E-state index in [9.17, 15) is 13.2 Å². The molecule has 1 fully saturated rings. The van der Waals surface area contributed by atoms with E-state index in [0.717, 1.165) is 35.6 Å².